The van der Waals surface area contributed by atoms with Crippen molar-refractivity contribution >= 4 is 11.8 Å². The molecule has 0 saturated heterocycles. The smallest absolute Gasteiger partial charge is 0.242 e. The van der Waals surface area contributed by atoms with Crippen molar-refractivity contribution < 1.29 is 14.3 Å². The monoisotopic (exact) mass is 184 g/mol. The number of amides is 2. The normalized spacial score (nSPS) is 21.3. The second kappa shape index (κ2) is 3.47. The lowest BCUT2D eigenvalue weighted by Crippen LogP contribution is -2.52. The van der Waals surface area contributed by atoms with Gasteiger partial charge in [0.1, 0.15) is 6.26 Å². The van der Waals surface area contributed by atoms with Crippen LogP contribution in [0.4, 0.5) is 0 Å². The SMILES string of the molecule is CC(=O)N1C=COC(C)N1C(C)=O. The molecule has 0 spiro atoms. The predicted molar refractivity (Wildman–Crippen MR) is 44.7 cm³/mol. The van der Waals surface area contributed by atoms with E-state index in [1.807, 2.05) is 0 Å². The molecule has 0 aliphatic carbocycles. The van der Waals surface area contributed by atoms with Crippen molar-refractivity contribution in [2.24, 2.45) is 0 Å². The van der Waals surface area contributed by atoms with Crippen LogP contribution in [0.3, 0.4) is 0 Å². The van der Waals surface area contributed by atoms with E-state index in [-0.39, 0.29) is 11.8 Å². The summed E-state index contributed by atoms with van der Waals surface area (Å²) in [6.45, 7) is 4.47. The number of hydrogen-bond donors (Lipinski definition) is 0. The fraction of sp³-hybridized carbons (Fsp3) is 0.500. The Kier molecular flexibility index (Phi) is 2.55. The molecule has 0 fully saturated rings. The zero-order chi connectivity index (χ0) is 10.0. The van der Waals surface area contributed by atoms with Crippen molar-refractivity contribution in [3.8, 4) is 0 Å². The first-order chi connectivity index (χ1) is 6.04. The lowest BCUT2D eigenvalue weighted by molar-refractivity contribution is -0.179. The van der Waals surface area contributed by atoms with Gasteiger partial charge in [-0.25, -0.2) is 10.0 Å². The van der Waals surface area contributed by atoms with Gasteiger partial charge in [-0.05, 0) is 6.92 Å². The molecule has 2 amide bonds. The molecule has 1 aliphatic heterocycles. The molecular formula is C8H12N2O3. The highest BCUT2D eigenvalue weighted by Gasteiger charge is 2.27. The predicted octanol–water partition coefficient (Wildman–Crippen LogP) is 0.446. The highest BCUT2D eigenvalue weighted by Crippen LogP contribution is 2.13. The number of hydrogen-bond acceptors (Lipinski definition) is 3. The van der Waals surface area contributed by atoms with Crippen molar-refractivity contribution in [1.82, 2.24) is 10.0 Å². The average molecular weight is 184 g/mol. The molecule has 0 aromatic carbocycles. The topological polar surface area (TPSA) is 49.9 Å². The molecule has 0 saturated carbocycles. The Labute approximate surface area is 76.5 Å². The minimum atomic E-state index is -0.439. The van der Waals surface area contributed by atoms with E-state index < -0.39 is 6.23 Å². The summed E-state index contributed by atoms with van der Waals surface area (Å²) in [6.07, 6.45) is 2.38. The van der Waals surface area contributed by atoms with Crippen LogP contribution in [-0.2, 0) is 14.3 Å². The highest BCUT2D eigenvalue weighted by molar-refractivity contribution is 5.80. The first kappa shape index (κ1) is 9.57. The van der Waals surface area contributed by atoms with E-state index >= 15 is 0 Å². The second-order valence-corrected chi connectivity index (χ2v) is 2.75. The zero-order valence-electron chi connectivity index (χ0n) is 7.85. The third kappa shape index (κ3) is 1.80. The molecular weight excluding hydrogens is 172 g/mol. The summed E-state index contributed by atoms with van der Waals surface area (Å²) >= 11 is 0. The number of carbonyl (C=O) groups excluding carboxylic acids is 2. The van der Waals surface area contributed by atoms with E-state index in [9.17, 15) is 9.59 Å². The Morgan fingerprint density at radius 3 is 2.31 bits per heavy atom. The average Bonchev–Trinajstić information content (AvgIpc) is 2.02. The van der Waals surface area contributed by atoms with Crippen LogP contribution in [0.2, 0.25) is 0 Å². The molecule has 5 nitrogen and oxygen atoms in total. The lowest BCUT2D eigenvalue weighted by Gasteiger charge is -2.37. The van der Waals surface area contributed by atoms with Crippen LogP contribution < -0.4 is 0 Å². The van der Waals surface area contributed by atoms with Gasteiger partial charge in [0, 0.05) is 13.8 Å². The van der Waals surface area contributed by atoms with Gasteiger partial charge in [-0.15, -0.1) is 0 Å². The Morgan fingerprint density at radius 2 is 1.92 bits per heavy atom. The number of carbonyl (C=O) groups is 2. The Morgan fingerprint density at radius 1 is 1.31 bits per heavy atom. The molecule has 0 N–H and O–H groups in total. The summed E-state index contributed by atoms with van der Waals surface area (Å²) in [5, 5.41) is 2.48. The minimum absolute atomic E-state index is 0.221. The molecule has 1 aliphatic rings. The molecule has 1 atom stereocenters. The molecule has 0 radical (unpaired) electrons. The molecule has 0 aromatic rings. The molecule has 0 bridgehead atoms. The Bertz CT molecular complexity index is 262. The van der Waals surface area contributed by atoms with Gasteiger partial charge in [0.2, 0.25) is 11.8 Å². The third-order valence-electron chi connectivity index (χ3n) is 1.70. The molecule has 1 rings (SSSR count). The maximum atomic E-state index is 11.1. The molecule has 1 heterocycles. The third-order valence-corrected chi connectivity index (χ3v) is 1.70. The van der Waals surface area contributed by atoms with Gasteiger partial charge < -0.3 is 4.74 Å². The van der Waals surface area contributed by atoms with E-state index in [4.69, 9.17) is 4.74 Å². The van der Waals surface area contributed by atoms with Crippen LogP contribution in [0.25, 0.3) is 0 Å². The first-order valence-corrected chi connectivity index (χ1v) is 3.95. The second-order valence-electron chi connectivity index (χ2n) is 2.75. The first-order valence-electron chi connectivity index (χ1n) is 3.95. The maximum Gasteiger partial charge on any atom is 0.242 e. The van der Waals surface area contributed by atoms with Gasteiger partial charge in [0.05, 0.1) is 6.20 Å². The van der Waals surface area contributed by atoms with Crippen molar-refractivity contribution in [3.63, 3.8) is 0 Å². The summed E-state index contributed by atoms with van der Waals surface area (Å²) in [5.41, 5.74) is 0. The Hall–Kier alpha value is -1.52. The van der Waals surface area contributed by atoms with Gasteiger partial charge in [0.25, 0.3) is 0 Å². The largest absolute Gasteiger partial charge is 0.475 e. The van der Waals surface area contributed by atoms with Crippen LogP contribution >= 0.6 is 0 Å². The number of ether oxygens (including phenoxy) is 1. The van der Waals surface area contributed by atoms with Crippen LogP contribution in [0, 0.1) is 0 Å². The molecule has 72 valence electrons. The van der Waals surface area contributed by atoms with E-state index in [0.29, 0.717) is 0 Å². The van der Waals surface area contributed by atoms with Crippen molar-refractivity contribution in [3.05, 3.63) is 12.5 Å². The van der Waals surface area contributed by atoms with Crippen LogP contribution in [0.15, 0.2) is 12.5 Å². The molecule has 5 heteroatoms. The van der Waals surface area contributed by atoms with Crippen LogP contribution in [-0.4, -0.2) is 28.1 Å². The van der Waals surface area contributed by atoms with Gasteiger partial charge in [-0.1, -0.05) is 0 Å². The summed E-state index contributed by atoms with van der Waals surface area (Å²) < 4.78 is 5.06. The van der Waals surface area contributed by atoms with Crippen LogP contribution in [0.1, 0.15) is 20.8 Å². The standard InChI is InChI=1S/C8H12N2O3/c1-6(11)9-4-5-13-8(3)10(9)7(2)12/h4-5,8H,1-3H3. The van der Waals surface area contributed by atoms with E-state index in [1.165, 1.54) is 36.3 Å². The zero-order valence-corrected chi connectivity index (χ0v) is 7.85. The van der Waals surface area contributed by atoms with E-state index in [0.717, 1.165) is 0 Å². The van der Waals surface area contributed by atoms with Gasteiger partial charge in [-0.2, -0.15) is 0 Å². The van der Waals surface area contributed by atoms with Gasteiger partial charge in [0.15, 0.2) is 6.23 Å². The number of hydrazine groups is 1. The fourth-order valence-electron chi connectivity index (χ4n) is 1.18. The summed E-state index contributed by atoms with van der Waals surface area (Å²) in [6, 6.07) is 0. The van der Waals surface area contributed by atoms with Gasteiger partial charge >= 0.3 is 0 Å². The minimum Gasteiger partial charge on any atom is -0.475 e. The lowest BCUT2D eigenvalue weighted by atomic mass is 10.5. The van der Waals surface area contributed by atoms with E-state index in [1.54, 1.807) is 6.92 Å². The van der Waals surface area contributed by atoms with E-state index in [2.05, 4.69) is 0 Å². The molecule has 0 aromatic heterocycles. The van der Waals surface area contributed by atoms with Crippen molar-refractivity contribution in [1.29, 1.82) is 0 Å². The highest BCUT2D eigenvalue weighted by atomic mass is 16.5. The van der Waals surface area contributed by atoms with Crippen molar-refractivity contribution in [2.75, 3.05) is 0 Å². The Balaban J connectivity index is 2.91. The van der Waals surface area contributed by atoms with Crippen molar-refractivity contribution in [2.45, 2.75) is 27.0 Å². The fourth-order valence-corrected chi connectivity index (χ4v) is 1.18. The van der Waals surface area contributed by atoms with Crippen LogP contribution in [0.5, 0.6) is 0 Å². The summed E-state index contributed by atoms with van der Waals surface area (Å²) in [7, 11) is 0. The summed E-state index contributed by atoms with van der Waals surface area (Å²) in [5.74, 6) is -0.450. The number of rotatable bonds is 0. The molecule has 1 unspecified atom stereocenters. The molecule has 13 heavy (non-hydrogen) atoms. The van der Waals surface area contributed by atoms with Gasteiger partial charge in [-0.3, -0.25) is 9.59 Å². The maximum absolute atomic E-state index is 11.1. The summed E-state index contributed by atoms with van der Waals surface area (Å²) in [4.78, 5) is 22.2. The quantitative estimate of drug-likeness (QED) is 0.549. The number of nitrogens with zero attached hydrogens (tertiary/aromatic N) is 2.